The molecule has 0 radical (unpaired) electrons. The van der Waals surface area contributed by atoms with Crippen molar-refractivity contribution in [3.05, 3.63) is 56.9 Å². The Hall–Kier alpha value is -1.89. The number of likely N-dealkylation sites (N-methyl/N-ethyl adjacent to an activating group) is 1. The molecule has 0 aromatic heterocycles. The summed E-state index contributed by atoms with van der Waals surface area (Å²) in [7, 11) is 1.82. The maximum atomic E-state index is 14.6. The summed E-state index contributed by atoms with van der Waals surface area (Å²) < 4.78 is 43.4. The van der Waals surface area contributed by atoms with Crippen LogP contribution in [0, 0.1) is 21.0 Å². The van der Waals surface area contributed by atoms with E-state index in [-0.39, 0.29) is 37.6 Å². The lowest BCUT2D eigenvalue weighted by Gasteiger charge is -2.25. The topological polar surface area (TPSA) is 76.0 Å². The van der Waals surface area contributed by atoms with Crippen molar-refractivity contribution in [3.63, 3.8) is 0 Å². The number of aliphatic hydroxyl groups is 2. The molecule has 0 aliphatic rings. The molecule has 0 saturated heterocycles. The van der Waals surface area contributed by atoms with E-state index in [0.717, 1.165) is 12.1 Å². The van der Waals surface area contributed by atoms with Gasteiger partial charge in [0.05, 0.1) is 30.2 Å². The van der Waals surface area contributed by atoms with Gasteiger partial charge in [-0.3, -0.25) is 4.79 Å². The molecule has 2 aromatic carbocycles. The average Bonchev–Trinajstić information content (AvgIpc) is 2.72. The van der Waals surface area contributed by atoms with Crippen LogP contribution in [-0.2, 0) is 0 Å². The molecule has 0 aliphatic heterocycles. The molecule has 2 rings (SSSR count). The van der Waals surface area contributed by atoms with Crippen LogP contribution in [0.4, 0.5) is 24.5 Å². The van der Waals surface area contributed by atoms with E-state index in [2.05, 4.69) is 5.32 Å². The molecule has 0 unspecified atom stereocenters. The Morgan fingerprint density at radius 2 is 1.71 bits per heavy atom. The van der Waals surface area contributed by atoms with Gasteiger partial charge in [0.25, 0.3) is 5.91 Å². The molecule has 170 valence electrons. The number of nitrogens with zero attached hydrogens (tertiary/aromatic N) is 2. The Labute approximate surface area is 192 Å². The van der Waals surface area contributed by atoms with E-state index in [1.807, 2.05) is 34.5 Å². The van der Waals surface area contributed by atoms with Crippen molar-refractivity contribution < 1.29 is 28.2 Å². The maximum absolute atomic E-state index is 14.6. The van der Waals surface area contributed by atoms with Crippen LogP contribution < -0.4 is 5.32 Å². The van der Waals surface area contributed by atoms with Gasteiger partial charge in [0, 0.05) is 23.2 Å². The number of nitrogens with one attached hydrogen (secondary N) is 1. The Balaban J connectivity index is 2.29. The van der Waals surface area contributed by atoms with Gasteiger partial charge < -0.3 is 25.3 Å². The number of halogens is 4. The van der Waals surface area contributed by atoms with Crippen LogP contribution >= 0.6 is 22.6 Å². The lowest BCUT2D eigenvalue weighted by atomic mass is 10.1. The molecular formula is C21H25F3IN3O3. The normalized spacial score (nSPS) is 11.1. The summed E-state index contributed by atoms with van der Waals surface area (Å²) in [6.07, 6.45) is 0.542. The fourth-order valence-corrected chi connectivity index (χ4v) is 3.45. The average molecular weight is 551 g/mol. The molecule has 0 atom stereocenters. The Kier molecular flexibility index (Phi) is 10.0. The lowest BCUT2D eigenvalue weighted by molar-refractivity contribution is 0.0714. The predicted octanol–water partition coefficient (Wildman–Crippen LogP) is 3.20. The van der Waals surface area contributed by atoms with Gasteiger partial charge in [-0.2, -0.15) is 0 Å². The van der Waals surface area contributed by atoms with Crippen molar-refractivity contribution in [1.82, 2.24) is 9.80 Å². The number of benzene rings is 2. The highest BCUT2D eigenvalue weighted by atomic mass is 127. The first-order valence-corrected chi connectivity index (χ1v) is 10.8. The van der Waals surface area contributed by atoms with E-state index in [4.69, 9.17) is 5.11 Å². The molecule has 3 N–H and O–H groups in total. The molecule has 0 aliphatic carbocycles. The van der Waals surface area contributed by atoms with Gasteiger partial charge in [0.15, 0.2) is 11.6 Å². The fraction of sp³-hybridized carbons (Fsp3) is 0.381. The molecule has 0 saturated carbocycles. The molecular weight excluding hydrogens is 526 g/mol. The van der Waals surface area contributed by atoms with Crippen LogP contribution in [0.2, 0.25) is 0 Å². The Morgan fingerprint density at radius 3 is 2.35 bits per heavy atom. The van der Waals surface area contributed by atoms with Crippen molar-refractivity contribution in [2.45, 2.75) is 6.42 Å². The van der Waals surface area contributed by atoms with Crippen molar-refractivity contribution >= 4 is 39.9 Å². The highest BCUT2D eigenvalue weighted by Crippen LogP contribution is 2.29. The molecule has 31 heavy (non-hydrogen) atoms. The first-order valence-electron chi connectivity index (χ1n) is 9.68. The van der Waals surface area contributed by atoms with E-state index in [1.54, 1.807) is 6.07 Å². The number of carbonyl (C=O) groups excluding carboxylic acids is 1. The third kappa shape index (κ3) is 7.06. The molecule has 0 heterocycles. The molecule has 0 bridgehead atoms. The van der Waals surface area contributed by atoms with Gasteiger partial charge in [-0.25, -0.2) is 13.2 Å². The van der Waals surface area contributed by atoms with Gasteiger partial charge in [-0.15, -0.1) is 0 Å². The lowest BCUT2D eigenvalue weighted by Crippen LogP contribution is -2.36. The zero-order valence-corrected chi connectivity index (χ0v) is 19.2. The van der Waals surface area contributed by atoms with E-state index in [0.29, 0.717) is 23.1 Å². The summed E-state index contributed by atoms with van der Waals surface area (Å²) in [5.74, 6) is -3.76. The summed E-state index contributed by atoms with van der Waals surface area (Å²) in [6, 6.07) is 6.16. The standard InChI is InChI=1S/C21H25F3IN3O3/c1-27(9-11-29)7-2-8-28(10-12-30)21(31)15-4-5-16(22)19(24)20(15)26-18-6-3-14(25)13-17(18)23/h3-6,13,26,29-30H,2,7-12H2,1H3. The summed E-state index contributed by atoms with van der Waals surface area (Å²) in [5, 5.41) is 20.8. The molecule has 1 amide bonds. The minimum absolute atomic E-state index is 0.00111. The van der Waals surface area contributed by atoms with Crippen molar-refractivity contribution in [2.75, 3.05) is 51.8 Å². The minimum Gasteiger partial charge on any atom is -0.395 e. The first kappa shape index (κ1) is 25.4. The second-order valence-electron chi connectivity index (χ2n) is 6.93. The molecule has 10 heteroatoms. The fourth-order valence-electron chi connectivity index (χ4n) is 3.00. The summed E-state index contributed by atoms with van der Waals surface area (Å²) in [6.45, 7) is 1.02. The molecule has 0 spiro atoms. The largest absolute Gasteiger partial charge is 0.395 e. The van der Waals surface area contributed by atoms with Gasteiger partial charge in [-0.1, -0.05) is 0 Å². The van der Waals surface area contributed by atoms with Crippen LogP contribution in [-0.4, -0.2) is 72.4 Å². The second kappa shape index (κ2) is 12.2. The van der Waals surface area contributed by atoms with E-state index in [1.165, 1.54) is 17.0 Å². The number of hydrogen-bond donors (Lipinski definition) is 3. The third-order valence-electron chi connectivity index (χ3n) is 4.62. The SMILES string of the molecule is CN(CCO)CCCN(CCO)C(=O)c1ccc(F)c(F)c1Nc1ccc(I)cc1F. The number of carbonyl (C=O) groups is 1. The highest BCUT2D eigenvalue weighted by Gasteiger charge is 2.24. The number of rotatable bonds is 11. The zero-order valence-electron chi connectivity index (χ0n) is 17.0. The van der Waals surface area contributed by atoms with Crippen molar-refractivity contribution in [2.24, 2.45) is 0 Å². The van der Waals surface area contributed by atoms with Crippen LogP contribution in [0.25, 0.3) is 0 Å². The van der Waals surface area contributed by atoms with Gasteiger partial charge in [0.2, 0.25) is 0 Å². The van der Waals surface area contributed by atoms with Gasteiger partial charge >= 0.3 is 0 Å². The zero-order chi connectivity index (χ0) is 23.0. The number of hydrogen-bond acceptors (Lipinski definition) is 5. The molecule has 6 nitrogen and oxygen atoms in total. The second-order valence-corrected chi connectivity index (χ2v) is 8.17. The third-order valence-corrected chi connectivity index (χ3v) is 5.29. The van der Waals surface area contributed by atoms with E-state index < -0.39 is 29.0 Å². The Bertz CT molecular complexity index is 902. The number of amides is 1. The maximum Gasteiger partial charge on any atom is 0.256 e. The van der Waals surface area contributed by atoms with E-state index in [9.17, 15) is 23.1 Å². The highest BCUT2D eigenvalue weighted by molar-refractivity contribution is 14.1. The van der Waals surface area contributed by atoms with Gasteiger partial charge in [0.1, 0.15) is 5.82 Å². The summed E-state index contributed by atoms with van der Waals surface area (Å²) in [5.41, 5.74) is -0.738. The van der Waals surface area contributed by atoms with Gasteiger partial charge in [-0.05, 0) is 72.9 Å². The van der Waals surface area contributed by atoms with Crippen molar-refractivity contribution in [1.29, 1.82) is 0 Å². The quantitative estimate of drug-likeness (QED) is 0.375. The molecule has 0 fully saturated rings. The Morgan fingerprint density at radius 1 is 1.00 bits per heavy atom. The smallest absolute Gasteiger partial charge is 0.256 e. The van der Waals surface area contributed by atoms with Crippen LogP contribution in [0.15, 0.2) is 30.3 Å². The summed E-state index contributed by atoms with van der Waals surface area (Å²) in [4.78, 5) is 16.3. The monoisotopic (exact) mass is 551 g/mol. The molecule has 2 aromatic rings. The van der Waals surface area contributed by atoms with Crippen LogP contribution in [0.3, 0.4) is 0 Å². The number of aliphatic hydroxyl groups excluding tert-OH is 2. The van der Waals surface area contributed by atoms with Crippen LogP contribution in [0.5, 0.6) is 0 Å². The minimum atomic E-state index is -1.30. The summed E-state index contributed by atoms with van der Waals surface area (Å²) >= 11 is 1.92. The number of anilines is 2. The predicted molar refractivity (Wildman–Crippen MR) is 121 cm³/mol. The first-order chi connectivity index (χ1) is 14.8. The van der Waals surface area contributed by atoms with E-state index >= 15 is 0 Å². The van der Waals surface area contributed by atoms with Crippen LogP contribution in [0.1, 0.15) is 16.8 Å². The van der Waals surface area contributed by atoms with Crippen molar-refractivity contribution in [3.8, 4) is 0 Å².